The fourth-order valence-corrected chi connectivity index (χ4v) is 5.41. The molecule has 1 saturated carbocycles. The first kappa shape index (κ1) is 19.3. The Balaban J connectivity index is 1.62. The van der Waals surface area contributed by atoms with E-state index in [4.69, 9.17) is 12.2 Å². The van der Waals surface area contributed by atoms with Crippen molar-refractivity contribution in [2.75, 3.05) is 4.90 Å². The van der Waals surface area contributed by atoms with E-state index in [-0.39, 0.29) is 12.1 Å². The maximum atomic E-state index is 5.87. The Kier molecular flexibility index (Phi) is 5.30. The summed E-state index contributed by atoms with van der Waals surface area (Å²) >= 11 is 5.87. The summed E-state index contributed by atoms with van der Waals surface area (Å²) in [4.78, 5) is 6.97. The van der Waals surface area contributed by atoms with Gasteiger partial charge < -0.3 is 14.8 Å². The zero-order valence-corrected chi connectivity index (χ0v) is 18.2. The Morgan fingerprint density at radius 2 is 1.87 bits per heavy atom. The summed E-state index contributed by atoms with van der Waals surface area (Å²) in [5, 5.41) is 4.35. The molecule has 5 rings (SSSR count). The number of nitrogens with zero attached hydrogens (tertiary/aromatic N) is 3. The van der Waals surface area contributed by atoms with Crippen LogP contribution in [0, 0.1) is 6.92 Å². The minimum Gasteiger partial charge on any atom is -0.351 e. The molecule has 5 heteroatoms. The molecule has 154 valence electrons. The molecule has 2 aromatic heterocycles. The van der Waals surface area contributed by atoms with Crippen LogP contribution >= 0.6 is 12.2 Å². The fraction of sp³-hybridized carbons (Fsp3) is 0.360. The number of nitrogens with one attached hydrogen (secondary N) is 1. The van der Waals surface area contributed by atoms with Gasteiger partial charge in [-0.2, -0.15) is 0 Å². The summed E-state index contributed by atoms with van der Waals surface area (Å²) in [7, 11) is 0. The predicted octanol–water partition coefficient (Wildman–Crippen LogP) is 5.87. The molecule has 0 unspecified atom stereocenters. The van der Waals surface area contributed by atoms with Gasteiger partial charge >= 0.3 is 0 Å². The molecule has 0 bridgehead atoms. The van der Waals surface area contributed by atoms with Gasteiger partial charge in [-0.25, -0.2) is 0 Å². The average Bonchev–Trinajstić information content (AvgIpc) is 3.39. The number of rotatable bonds is 4. The topological polar surface area (TPSA) is 33.1 Å². The highest BCUT2D eigenvalue weighted by atomic mass is 32.1. The first-order valence-corrected chi connectivity index (χ1v) is 11.4. The smallest absolute Gasteiger partial charge is 0.174 e. The summed E-state index contributed by atoms with van der Waals surface area (Å²) in [6.45, 7) is 2.13. The third-order valence-electron chi connectivity index (χ3n) is 6.46. The minimum absolute atomic E-state index is 0.0106. The zero-order valence-electron chi connectivity index (χ0n) is 17.4. The molecular formula is C25H28N4S. The largest absolute Gasteiger partial charge is 0.351 e. The van der Waals surface area contributed by atoms with Crippen molar-refractivity contribution in [3.05, 3.63) is 83.9 Å². The average molecular weight is 417 g/mol. The van der Waals surface area contributed by atoms with E-state index in [1.54, 1.807) is 0 Å². The molecule has 2 atom stereocenters. The third-order valence-corrected chi connectivity index (χ3v) is 6.78. The van der Waals surface area contributed by atoms with E-state index in [1.807, 2.05) is 12.3 Å². The molecule has 2 fully saturated rings. The van der Waals surface area contributed by atoms with Crippen molar-refractivity contribution in [3.63, 3.8) is 0 Å². The number of thiocarbonyl (C=S) groups is 1. The SMILES string of the molecule is Cc1cccc(N2C(=S)N[C@H](c3ccccn3)[C@@H]2c2cccn2C2CCCCC2)c1. The minimum atomic E-state index is 0.0106. The van der Waals surface area contributed by atoms with Gasteiger partial charge in [-0.3, -0.25) is 4.98 Å². The lowest BCUT2D eigenvalue weighted by Crippen LogP contribution is -2.31. The van der Waals surface area contributed by atoms with E-state index in [2.05, 4.69) is 81.4 Å². The first-order valence-electron chi connectivity index (χ1n) is 11.0. The molecule has 1 saturated heterocycles. The zero-order chi connectivity index (χ0) is 20.5. The second-order valence-corrected chi connectivity index (χ2v) is 8.85. The quantitative estimate of drug-likeness (QED) is 0.539. The third kappa shape index (κ3) is 3.52. The maximum absolute atomic E-state index is 5.87. The molecule has 0 spiro atoms. The van der Waals surface area contributed by atoms with E-state index in [9.17, 15) is 0 Å². The number of pyridine rings is 1. The molecule has 2 aliphatic rings. The van der Waals surface area contributed by atoms with Crippen LogP contribution in [0.25, 0.3) is 0 Å². The molecule has 3 heterocycles. The summed E-state index contributed by atoms with van der Waals surface area (Å²) in [6, 6.07) is 19.8. The molecule has 30 heavy (non-hydrogen) atoms. The van der Waals surface area contributed by atoms with Crippen LogP contribution in [0.15, 0.2) is 67.0 Å². The Hall–Kier alpha value is -2.66. The van der Waals surface area contributed by atoms with Gasteiger partial charge in [0.2, 0.25) is 0 Å². The monoisotopic (exact) mass is 416 g/mol. The summed E-state index contributed by atoms with van der Waals surface area (Å²) in [5.41, 5.74) is 4.70. The second kappa shape index (κ2) is 8.23. The molecule has 0 amide bonds. The maximum Gasteiger partial charge on any atom is 0.174 e. The van der Waals surface area contributed by atoms with Crippen molar-refractivity contribution in [1.82, 2.24) is 14.9 Å². The standard InChI is InChI=1S/C25H28N4S/c1-18-9-7-12-20(17-18)29-24(23(27-25(29)30)21-13-5-6-15-26-21)22-14-8-16-28(22)19-10-3-2-4-11-19/h5-9,12-17,19,23-24H,2-4,10-11H2,1H3,(H,27,30)/t23-,24+/m1/s1. The molecule has 1 aliphatic heterocycles. The van der Waals surface area contributed by atoms with Crippen molar-refractivity contribution >= 4 is 23.0 Å². The number of benzene rings is 1. The molecule has 0 radical (unpaired) electrons. The first-order chi connectivity index (χ1) is 14.7. The van der Waals surface area contributed by atoms with E-state index in [0.29, 0.717) is 6.04 Å². The van der Waals surface area contributed by atoms with Gasteiger partial charge in [0, 0.05) is 29.8 Å². The van der Waals surface area contributed by atoms with Crippen LogP contribution in [-0.2, 0) is 0 Å². The predicted molar refractivity (Wildman–Crippen MR) is 126 cm³/mol. The Morgan fingerprint density at radius 1 is 1.00 bits per heavy atom. The van der Waals surface area contributed by atoms with Gasteiger partial charge in [-0.1, -0.05) is 37.5 Å². The van der Waals surface area contributed by atoms with Gasteiger partial charge in [0.25, 0.3) is 0 Å². The molecule has 1 aromatic carbocycles. The highest BCUT2D eigenvalue weighted by Gasteiger charge is 2.42. The van der Waals surface area contributed by atoms with Crippen molar-refractivity contribution < 1.29 is 0 Å². The lowest BCUT2D eigenvalue weighted by atomic mass is 9.94. The van der Waals surface area contributed by atoms with E-state index in [0.717, 1.165) is 16.5 Å². The molecular weight excluding hydrogens is 388 g/mol. The van der Waals surface area contributed by atoms with Gasteiger partial charge in [0.05, 0.1) is 11.7 Å². The Labute approximate surface area is 183 Å². The number of aryl methyl sites for hydroxylation is 1. The Bertz CT molecular complexity index is 1020. The Morgan fingerprint density at radius 3 is 2.63 bits per heavy atom. The number of hydrogen-bond acceptors (Lipinski definition) is 2. The summed E-state index contributed by atoms with van der Waals surface area (Å²) in [5.74, 6) is 0. The second-order valence-electron chi connectivity index (χ2n) is 8.47. The summed E-state index contributed by atoms with van der Waals surface area (Å²) in [6.07, 6.45) is 10.6. The summed E-state index contributed by atoms with van der Waals surface area (Å²) < 4.78 is 2.51. The van der Waals surface area contributed by atoms with E-state index < -0.39 is 0 Å². The lowest BCUT2D eigenvalue weighted by Gasteiger charge is -2.32. The van der Waals surface area contributed by atoms with Gasteiger partial charge in [0.15, 0.2) is 5.11 Å². The normalized spacial score (nSPS) is 22.3. The van der Waals surface area contributed by atoms with Crippen LogP contribution in [0.5, 0.6) is 0 Å². The van der Waals surface area contributed by atoms with Crippen LogP contribution in [-0.4, -0.2) is 14.7 Å². The van der Waals surface area contributed by atoms with Gasteiger partial charge in [-0.05, 0) is 73.9 Å². The lowest BCUT2D eigenvalue weighted by molar-refractivity contribution is 0.340. The fourth-order valence-electron chi connectivity index (χ4n) is 5.06. The van der Waals surface area contributed by atoms with E-state index in [1.165, 1.54) is 43.4 Å². The van der Waals surface area contributed by atoms with Crippen molar-refractivity contribution in [1.29, 1.82) is 0 Å². The van der Waals surface area contributed by atoms with Crippen molar-refractivity contribution in [2.24, 2.45) is 0 Å². The van der Waals surface area contributed by atoms with Crippen LogP contribution in [0.2, 0.25) is 0 Å². The van der Waals surface area contributed by atoms with Crippen LogP contribution in [0.1, 0.15) is 67.2 Å². The number of aromatic nitrogens is 2. The highest BCUT2D eigenvalue weighted by molar-refractivity contribution is 7.80. The number of anilines is 1. The van der Waals surface area contributed by atoms with Crippen LogP contribution in [0.3, 0.4) is 0 Å². The molecule has 1 N–H and O–H groups in total. The van der Waals surface area contributed by atoms with Gasteiger partial charge in [0.1, 0.15) is 6.04 Å². The molecule has 1 aliphatic carbocycles. The van der Waals surface area contributed by atoms with Crippen LogP contribution < -0.4 is 10.2 Å². The highest BCUT2D eigenvalue weighted by Crippen LogP contribution is 2.43. The molecule has 3 aromatic rings. The van der Waals surface area contributed by atoms with Crippen LogP contribution in [0.4, 0.5) is 5.69 Å². The van der Waals surface area contributed by atoms with Crippen molar-refractivity contribution in [2.45, 2.75) is 57.2 Å². The van der Waals surface area contributed by atoms with Gasteiger partial charge in [-0.15, -0.1) is 0 Å². The van der Waals surface area contributed by atoms with Crippen molar-refractivity contribution in [3.8, 4) is 0 Å². The van der Waals surface area contributed by atoms with E-state index >= 15 is 0 Å². The number of hydrogen-bond donors (Lipinski definition) is 1. The molecule has 4 nitrogen and oxygen atoms in total.